The van der Waals surface area contributed by atoms with E-state index in [0.29, 0.717) is 5.69 Å². The summed E-state index contributed by atoms with van der Waals surface area (Å²) in [6.45, 7) is 4.00. The second kappa shape index (κ2) is 7.30. The van der Waals surface area contributed by atoms with E-state index in [9.17, 15) is 4.79 Å². The first-order chi connectivity index (χ1) is 10.0. The van der Waals surface area contributed by atoms with Gasteiger partial charge in [0, 0.05) is 38.2 Å². The predicted molar refractivity (Wildman–Crippen MR) is 86.0 cm³/mol. The lowest BCUT2D eigenvalue weighted by molar-refractivity contribution is 0.103. The molecule has 0 aliphatic rings. The molecule has 4 nitrogen and oxygen atoms in total. The Labute approximate surface area is 125 Å². The van der Waals surface area contributed by atoms with Crippen LogP contribution in [0.3, 0.4) is 0 Å². The minimum atomic E-state index is -0.255. The third-order valence-corrected chi connectivity index (χ3v) is 2.94. The van der Waals surface area contributed by atoms with Crippen molar-refractivity contribution in [3.05, 3.63) is 47.8 Å². The number of benzene rings is 1. The first-order valence-electron chi connectivity index (χ1n) is 6.92. The van der Waals surface area contributed by atoms with E-state index >= 15 is 0 Å². The van der Waals surface area contributed by atoms with E-state index in [1.165, 1.54) is 0 Å². The van der Waals surface area contributed by atoms with Crippen LogP contribution in [0.25, 0.3) is 10.9 Å². The largest absolute Gasteiger partial charge is 0.382 e. The predicted octanol–water partition coefficient (Wildman–Crippen LogP) is 3.36. The lowest BCUT2D eigenvalue weighted by Gasteiger charge is -2.06. The third-order valence-electron chi connectivity index (χ3n) is 2.94. The topological polar surface area (TPSA) is 49.0 Å². The van der Waals surface area contributed by atoms with Gasteiger partial charge in [-0.15, -0.1) is 0 Å². The Hall–Kier alpha value is -2.54. The second-order valence-corrected chi connectivity index (χ2v) is 4.59. The Bertz CT molecular complexity index is 702. The number of para-hydroxylation sites is 1. The number of fused-ring (bicyclic) bond motifs is 1. The summed E-state index contributed by atoms with van der Waals surface area (Å²) in [4.78, 5) is 14.1. The van der Waals surface area contributed by atoms with Gasteiger partial charge in [0.1, 0.15) is 11.6 Å². The number of aromatic nitrogens is 1. The van der Waals surface area contributed by atoms with Crippen molar-refractivity contribution < 1.29 is 4.79 Å². The number of nitriles is 1. The molecular weight excluding hydrogens is 262 g/mol. The molecule has 0 aliphatic heterocycles. The van der Waals surface area contributed by atoms with Gasteiger partial charge in [0.25, 0.3) is 0 Å². The van der Waals surface area contributed by atoms with Crippen molar-refractivity contribution in [2.45, 2.75) is 13.8 Å². The van der Waals surface area contributed by atoms with E-state index in [0.717, 1.165) is 10.9 Å². The number of hydrogen-bond donors (Lipinski definition) is 0. The molecule has 0 saturated heterocycles. The summed E-state index contributed by atoms with van der Waals surface area (Å²) >= 11 is 0. The van der Waals surface area contributed by atoms with E-state index in [2.05, 4.69) is 0 Å². The molecule has 21 heavy (non-hydrogen) atoms. The molecular formula is C17H21N3O. The molecule has 0 unspecified atom stereocenters. The molecule has 0 saturated carbocycles. The van der Waals surface area contributed by atoms with Crippen LogP contribution in [0, 0.1) is 11.3 Å². The van der Waals surface area contributed by atoms with Crippen molar-refractivity contribution in [1.82, 2.24) is 9.47 Å². The molecule has 0 radical (unpaired) electrons. The monoisotopic (exact) mass is 283 g/mol. The van der Waals surface area contributed by atoms with Gasteiger partial charge >= 0.3 is 0 Å². The van der Waals surface area contributed by atoms with Crippen LogP contribution in [0.4, 0.5) is 0 Å². The maximum atomic E-state index is 12.4. The van der Waals surface area contributed by atoms with Crippen LogP contribution in [0.1, 0.15) is 24.3 Å². The molecule has 1 aromatic carbocycles. The van der Waals surface area contributed by atoms with E-state index < -0.39 is 0 Å². The van der Waals surface area contributed by atoms with E-state index in [4.69, 9.17) is 5.26 Å². The Kier molecular flexibility index (Phi) is 5.74. The Morgan fingerprint density at radius 3 is 2.43 bits per heavy atom. The molecule has 0 N–H and O–H groups in total. The highest BCUT2D eigenvalue weighted by Crippen LogP contribution is 2.20. The van der Waals surface area contributed by atoms with Gasteiger partial charge < -0.3 is 9.47 Å². The van der Waals surface area contributed by atoms with Crippen LogP contribution >= 0.6 is 0 Å². The van der Waals surface area contributed by atoms with Gasteiger partial charge in [-0.3, -0.25) is 4.79 Å². The summed E-state index contributed by atoms with van der Waals surface area (Å²) in [6, 6.07) is 11.5. The Morgan fingerprint density at radius 2 is 1.90 bits per heavy atom. The molecule has 110 valence electrons. The molecule has 1 aromatic heterocycles. The van der Waals surface area contributed by atoms with Crippen LogP contribution in [-0.2, 0) is 7.05 Å². The van der Waals surface area contributed by atoms with Crippen molar-refractivity contribution >= 4 is 16.7 Å². The molecule has 0 atom stereocenters. The smallest absolute Gasteiger partial charge is 0.221 e. The lowest BCUT2D eigenvalue weighted by Crippen LogP contribution is -2.11. The van der Waals surface area contributed by atoms with Crippen LogP contribution < -0.4 is 0 Å². The van der Waals surface area contributed by atoms with Crippen LogP contribution in [-0.4, -0.2) is 29.3 Å². The molecule has 2 aromatic rings. The average Bonchev–Trinajstić information content (AvgIpc) is 2.83. The summed E-state index contributed by atoms with van der Waals surface area (Å²) in [5, 5.41) is 10.1. The van der Waals surface area contributed by atoms with Gasteiger partial charge in [-0.2, -0.15) is 5.26 Å². The fourth-order valence-corrected chi connectivity index (χ4v) is 2.04. The fourth-order valence-electron chi connectivity index (χ4n) is 2.04. The highest BCUT2D eigenvalue weighted by molar-refractivity contribution is 6.12. The maximum absolute atomic E-state index is 12.4. The number of ketones is 1. The van der Waals surface area contributed by atoms with Gasteiger partial charge in [0.05, 0.1) is 5.69 Å². The number of Topliss-reactive ketones (excluding diaryl/α,β-unsaturated/α-hetero) is 1. The molecule has 0 amide bonds. The number of carbonyl (C=O) groups excluding carboxylic acids is 1. The van der Waals surface area contributed by atoms with Gasteiger partial charge in [-0.25, -0.2) is 0 Å². The summed E-state index contributed by atoms with van der Waals surface area (Å²) in [6.07, 6.45) is 1.54. The summed E-state index contributed by atoms with van der Waals surface area (Å²) in [5.41, 5.74) is 1.64. The zero-order valence-electron chi connectivity index (χ0n) is 13.2. The number of aryl methyl sites for hydroxylation is 1. The van der Waals surface area contributed by atoms with Crippen LogP contribution in [0.5, 0.6) is 0 Å². The van der Waals surface area contributed by atoms with Gasteiger partial charge in [-0.05, 0) is 12.1 Å². The van der Waals surface area contributed by atoms with Crippen molar-refractivity contribution in [3.8, 4) is 6.07 Å². The minimum absolute atomic E-state index is 0.135. The van der Waals surface area contributed by atoms with Crippen LogP contribution in [0.2, 0.25) is 0 Å². The average molecular weight is 283 g/mol. The third kappa shape index (κ3) is 3.51. The van der Waals surface area contributed by atoms with E-state index in [1.807, 2.05) is 61.9 Å². The first kappa shape index (κ1) is 16.5. The molecule has 2 rings (SSSR count). The number of allylic oxidation sites excluding steroid dienone is 1. The normalized spacial score (nSPS) is 10.6. The summed E-state index contributed by atoms with van der Waals surface area (Å²) < 4.78 is 1.82. The standard InChI is InChI=1S/C15H15N3O.C2H6/c1-17(2)10-12(9-16)15(19)14-8-11-6-4-5-7-13(11)18(14)3;1-2/h4-8,10H,1-3H3;1-2H3/b12-10+;. The number of carbonyl (C=O) groups is 1. The number of hydrogen-bond acceptors (Lipinski definition) is 3. The zero-order valence-corrected chi connectivity index (χ0v) is 13.2. The van der Waals surface area contributed by atoms with Gasteiger partial charge in [-0.1, -0.05) is 32.0 Å². The Morgan fingerprint density at radius 1 is 1.29 bits per heavy atom. The maximum Gasteiger partial charge on any atom is 0.221 e. The van der Waals surface area contributed by atoms with E-state index in [1.54, 1.807) is 25.2 Å². The Balaban J connectivity index is 0.00000106. The molecule has 0 fully saturated rings. The lowest BCUT2D eigenvalue weighted by atomic mass is 10.1. The molecule has 0 aliphatic carbocycles. The molecule has 4 heteroatoms. The summed E-state index contributed by atoms with van der Waals surface area (Å²) in [7, 11) is 5.40. The minimum Gasteiger partial charge on any atom is -0.382 e. The second-order valence-electron chi connectivity index (χ2n) is 4.59. The van der Waals surface area contributed by atoms with Crippen molar-refractivity contribution in [2.24, 2.45) is 7.05 Å². The quantitative estimate of drug-likeness (QED) is 0.493. The molecule has 0 spiro atoms. The van der Waals surface area contributed by atoms with Crippen molar-refractivity contribution in [3.63, 3.8) is 0 Å². The first-order valence-corrected chi connectivity index (χ1v) is 6.92. The zero-order chi connectivity index (χ0) is 16.0. The summed E-state index contributed by atoms with van der Waals surface area (Å²) in [5.74, 6) is -0.255. The SMILES string of the molecule is CC.CN(C)/C=C(\C#N)C(=O)c1cc2ccccc2n1C. The van der Waals surface area contributed by atoms with Crippen molar-refractivity contribution in [2.75, 3.05) is 14.1 Å². The highest BCUT2D eigenvalue weighted by Gasteiger charge is 2.17. The fraction of sp³-hybridized carbons (Fsp3) is 0.294. The number of rotatable bonds is 3. The molecule has 0 bridgehead atoms. The number of nitrogens with zero attached hydrogens (tertiary/aromatic N) is 3. The highest BCUT2D eigenvalue weighted by atomic mass is 16.1. The van der Waals surface area contributed by atoms with Gasteiger partial charge in [0.15, 0.2) is 0 Å². The molecule has 1 heterocycles. The van der Waals surface area contributed by atoms with Gasteiger partial charge in [0.2, 0.25) is 5.78 Å². The van der Waals surface area contributed by atoms with E-state index in [-0.39, 0.29) is 11.4 Å². The van der Waals surface area contributed by atoms with Crippen molar-refractivity contribution in [1.29, 1.82) is 5.26 Å². The van der Waals surface area contributed by atoms with Crippen LogP contribution in [0.15, 0.2) is 42.1 Å².